The van der Waals surface area contributed by atoms with Crippen LogP contribution >= 0.6 is 0 Å². The Morgan fingerprint density at radius 3 is 2.44 bits per heavy atom. The van der Waals surface area contributed by atoms with Crippen molar-refractivity contribution >= 4 is 5.78 Å². The standard InChI is InChI=1S/C22H27NO2/c24-21-8-6-18(7-9-21)22(25)15-23-13-19-11-17(12-20(19)14-23)10-16-4-2-1-3-5-16/h2,4-9,17,19-20,24H,1,3,10-15H2/t17?,19-,20+. The van der Waals surface area contributed by atoms with Crippen LogP contribution in [0.25, 0.3) is 0 Å². The molecule has 1 aliphatic heterocycles. The van der Waals surface area contributed by atoms with Gasteiger partial charge in [0.2, 0.25) is 0 Å². The van der Waals surface area contributed by atoms with Gasteiger partial charge in [0.25, 0.3) is 0 Å². The number of likely N-dealkylation sites (tertiary alicyclic amines) is 1. The van der Waals surface area contributed by atoms with Crippen LogP contribution in [0, 0.1) is 17.8 Å². The highest BCUT2D eigenvalue weighted by Crippen LogP contribution is 2.44. The average molecular weight is 337 g/mol. The Morgan fingerprint density at radius 2 is 1.80 bits per heavy atom. The highest BCUT2D eigenvalue weighted by Gasteiger charge is 2.41. The fourth-order valence-electron chi connectivity index (χ4n) is 4.91. The van der Waals surface area contributed by atoms with Crippen LogP contribution in [0.1, 0.15) is 42.5 Å². The minimum atomic E-state index is 0.161. The number of phenolic OH excluding ortho intramolecular Hbond substituents is 1. The van der Waals surface area contributed by atoms with E-state index in [1.807, 2.05) is 0 Å². The lowest BCUT2D eigenvalue weighted by molar-refractivity contribution is 0.0940. The lowest BCUT2D eigenvalue weighted by Gasteiger charge is -2.19. The third-order valence-corrected chi connectivity index (χ3v) is 6.08. The summed E-state index contributed by atoms with van der Waals surface area (Å²) in [5, 5.41) is 9.34. The minimum absolute atomic E-state index is 0.161. The molecule has 3 atom stereocenters. The van der Waals surface area contributed by atoms with Gasteiger partial charge in [-0.1, -0.05) is 23.8 Å². The summed E-state index contributed by atoms with van der Waals surface area (Å²) in [5.74, 6) is 2.74. The second kappa shape index (κ2) is 7.17. The molecule has 132 valence electrons. The van der Waals surface area contributed by atoms with Gasteiger partial charge in [-0.3, -0.25) is 9.69 Å². The van der Waals surface area contributed by atoms with Crippen molar-refractivity contribution in [2.45, 2.75) is 32.1 Å². The second-order valence-electron chi connectivity index (χ2n) is 7.98. The van der Waals surface area contributed by atoms with Gasteiger partial charge in [0.15, 0.2) is 5.78 Å². The quantitative estimate of drug-likeness (QED) is 0.819. The largest absolute Gasteiger partial charge is 0.508 e. The maximum atomic E-state index is 12.4. The van der Waals surface area contributed by atoms with Gasteiger partial charge in [-0.2, -0.15) is 0 Å². The molecule has 4 rings (SSSR count). The Balaban J connectivity index is 1.27. The van der Waals surface area contributed by atoms with Crippen molar-refractivity contribution in [3.05, 3.63) is 53.6 Å². The monoisotopic (exact) mass is 337 g/mol. The maximum Gasteiger partial charge on any atom is 0.176 e. The zero-order chi connectivity index (χ0) is 17.2. The molecule has 1 N–H and O–H groups in total. The van der Waals surface area contributed by atoms with Crippen LogP contribution in [0.4, 0.5) is 0 Å². The van der Waals surface area contributed by atoms with Crippen molar-refractivity contribution in [3.8, 4) is 5.75 Å². The zero-order valence-electron chi connectivity index (χ0n) is 14.7. The van der Waals surface area contributed by atoms with Gasteiger partial charge in [-0.15, -0.1) is 0 Å². The first-order valence-corrected chi connectivity index (χ1v) is 9.57. The third kappa shape index (κ3) is 3.87. The Bertz CT molecular complexity index is 674. The number of carbonyl (C=O) groups is 1. The molecule has 1 saturated carbocycles. The summed E-state index contributed by atoms with van der Waals surface area (Å²) in [4.78, 5) is 14.8. The first-order chi connectivity index (χ1) is 12.2. The first-order valence-electron chi connectivity index (χ1n) is 9.57. The predicted molar refractivity (Wildman–Crippen MR) is 99.7 cm³/mol. The molecule has 3 heteroatoms. The number of Topliss-reactive ketones (excluding diaryl/α,β-unsaturated/α-hetero) is 1. The number of allylic oxidation sites excluding steroid dienone is 4. The lowest BCUT2D eigenvalue weighted by atomic mass is 9.93. The van der Waals surface area contributed by atoms with E-state index in [-0.39, 0.29) is 11.5 Å². The number of aromatic hydroxyl groups is 1. The van der Waals surface area contributed by atoms with E-state index in [1.165, 1.54) is 37.7 Å². The number of benzene rings is 1. The third-order valence-electron chi connectivity index (χ3n) is 6.08. The number of phenols is 1. The van der Waals surface area contributed by atoms with Crippen LogP contribution in [-0.4, -0.2) is 35.4 Å². The van der Waals surface area contributed by atoms with Crippen LogP contribution in [0.5, 0.6) is 5.75 Å². The van der Waals surface area contributed by atoms with Crippen LogP contribution in [0.2, 0.25) is 0 Å². The first kappa shape index (κ1) is 16.6. The number of hydrogen-bond donors (Lipinski definition) is 1. The van der Waals surface area contributed by atoms with E-state index in [9.17, 15) is 9.90 Å². The molecule has 25 heavy (non-hydrogen) atoms. The molecule has 2 fully saturated rings. The molecule has 1 aromatic rings. The maximum absolute atomic E-state index is 12.4. The van der Waals surface area contributed by atoms with Crippen molar-refractivity contribution in [2.75, 3.05) is 19.6 Å². The fourth-order valence-corrected chi connectivity index (χ4v) is 4.91. The van der Waals surface area contributed by atoms with Crippen molar-refractivity contribution in [3.63, 3.8) is 0 Å². The van der Waals surface area contributed by atoms with Crippen molar-refractivity contribution in [1.82, 2.24) is 4.90 Å². The van der Waals surface area contributed by atoms with E-state index in [2.05, 4.69) is 23.1 Å². The van der Waals surface area contributed by atoms with Gasteiger partial charge in [0, 0.05) is 18.7 Å². The average Bonchev–Trinajstić information content (AvgIpc) is 3.14. The predicted octanol–water partition coefficient (Wildman–Crippen LogP) is 4.20. The number of hydrogen-bond acceptors (Lipinski definition) is 3. The molecule has 1 heterocycles. The Morgan fingerprint density at radius 1 is 1.08 bits per heavy atom. The molecule has 0 amide bonds. The van der Waals surface area contributed by atoms with Gasteiger partial charge >= 0.3 is 0 Å². The SMILES string of the molecule is O=C(CN1C[C@H]2CC(CC3=CCCC=C3)C[C@H]2C1)c1ccc(O)cc1. The molecule has 0 bridgehead atoms. The number of rotatable bonds is 5. The van der Waals surface area contributed by atoms with Gasteiger partial charge in [0.1, 0.15) is 5.75 Å². The zero-order valence-corrected chi connectivity index (χ0v) is 14.7. The molecule has 0 aromatic heterocycles. The van der Waals surface area contributed by atoms with E-state index in [0.717, 1.165) is 30.8 Å². The lowest BCUT2D eigenvalue weighted by Crippen LogP contribution is -2.29. The van der Waals surface area contributed by atoms with E-state index in [1.54, 1.807) is 24.3 Å². The number of ketones is 1. The summed E-state index contributed by atoms with van der Waals surface area (Å²) < 4.78 is 0. The van der Waals surface area contributed by atoms with E-state index in [4.69, 9.17) is 0 Å². The summed E-state index contributed by atoms with van der Waals surface area (Å²) >= 11 is 0. The fraction of sp³-hybridized carbons (Fsp3) is 0.500. The second-order valence-corrected chi connectivity index (χ2v) is 7.98. The molecule has 1 aromatic carbocycles. The molecule has 1 unspecified atom stereocenters. The summed E-state index contributed by atoms with van der Waals surface area (Å²) in [6.07, 6.45) is 13.3. The van der Waals surface area contributed by atoms with Gasteiger partial charge in [-0.05, 0) is 74.1 Å². The molecular weight excluding hydrogens is 310 g/mol. The molecule has 0 spiro atoms. The van der Waals surface area contributed by atoms with Gasteiger partial charge in [-0.25, -0.2) is 0 Å². The van der Waals surface area contributed by atoms with Crippen LogP contribution in [-0.2, 0) is 0 Å². The number of carbonyl (C=O) groups excluding carboxylic acids is 1. The molecule has 3 nitrogen and oxygen atoms in total. The number of nitrogens with zero attached hydrogens (tertiary/aromatic N) is 1. The molecule has 2 aliphatic carbocycles. The normalized spacial score (nSPS) is 28.8. The summed E-state index contributed by atoms with van der Waals surface area (Å²) in [6, 6.07) is 6.61. The Labute approximate surface area is 150 Å². The van der Waals surface area contributed by atoms with Crippen LogP contribution < -0.4 is 0 Å². The Kier molecular flexibility index (Phi) is 4.76. The van der Waals surface area contributed by atoms with Crippen LogP contribution in [0.3, 0.4) is 0 Å². The highest BCUT2D eigenvalue weighted by molar-refractivity contribution is 5.97. The van der Waals surface area contributed by atoms with E-state index >= 15 is 0 Å². The van der Waals surface area contributed by atoms with E-state index < -0.39 is 0 Å². The van der Waals surface area contributed by atoms with Crippen molar-refractivity contribution < 1.29 is 9.90 Å². The van der Waals surface area contributed by atoms with Gasteiger partial charge in [0.05, 0.1) is 6.54 Å². The summed E-state index contributed by atoms with van der Waals surface area (Å²) in [5.41, 5.74) is 2.24. The molecule has 0 radical (unpaired) electrons. The smallest absolute Gasteiger partial charge is 0.176 e. The minimum Gasteiger partial charge on any atom is -0.508 e. The van der Waals surface area contributed by atoms with E-state index in [0.29, 0.717) is 12.1 Å². The van der Waals surface area contributed by atoms with Crippen molar-refractivity contribution in [1.29, 1.82) is 0 Å². The topological polar surface area (TPSA) is 40.5 Å². The summed E-state index contributed by atoms with van der Waals surface area (Å²) in [7, 11) is 0. The van der Waals surface area contributed by atoms with Crippen molar-refractivity contribution in [2.24, 2.45) is 17.8 Å². The highest BCUT2D eigenvalue weighted by atomic mass is 16.3. The van der Waals surface area contributed by atoms with Gasteiger partial charge < -0.3 is 5.11 Å². The molecule has 1 saturated heterocycles. The molecule has 3 aliphatic rings. The Hall–Kier alpha value is -1.87. The molecular formula is C22H27NO2. The summed E-state index contributed by atoms with van der Waals surface area (Å²) in [6.45, 7) is 2.65. The van der Waals surface area contributed by atoms with Crippen LogP contribution in [0.15, 0.2) is 48.1 Å². The number of fused-ring (bicyclic) bond motifs is 1.